The van der Waals surface area contributed by atoms with Gasteiger partial charge in [-0.3, -0.25) is 11.3 Å². The molecule has 0 aromatic carbocycles. The van der Waals surface area contributed by atoms with Crippen LogP contribution in [0.15, 0.2) is 15.9 Å². The molecule has 0 spiro atoms. The third kappa shape index (κ3) is 3.43. The second-order valence-electron chi connectivity index (χ2n) is 2.85. The average Bonchev–Trinajstić information content (AvgIpc) is 2.60. The summed E-state index contributed by atoms with van der Waals surface area (Å²) >= 11 is 5.13. The van der Waals surface area contributed by atoms with E-state index in [1.807, 2.05) is 6.92 Å². The first-order valence-electron chi connectivity index (χ1n) is 4.37. The summed E-state index contributed by atoms with van der Waals surface area (Å²) in [5, 5.41) is 2.06. The highest BCUT2D eigenvalue weighted by molar-refractivity contribution is 9.10. The van der Waals surface area contributed by atoms with E-state index in [2.05, 4.69) is 44.6 Å². The monoisotopic (exact) mass is 272 g/mol. The molecule has 2 nitrogen and oxygen atoms in total. The normalized spacial score (nSPS) is 11.9. The van der Waals surface area contributed by atoms with E-state index < -0.39 is 0 Å². The lowest BCUT2D eigenvalue weighted by Crippen LogP contribution is -2.27. The minimum atomic E-state index is 0.215. The van der Waals surface area contributed by atoms with Gasteiger partial charge in [-0.2, -0.15) is 0 Å². The molecule has 1 aromatic rings. The molecule has 4 heteroatoms. The van der Waals surface area contributed by atoms with Gasteiger partial charge in [0.2, 0.25) is 0 Å². The Morgan fingerprint density at radius 3 is 3.00 bits per heavy atom. The van der Waals surface area contributed by atoms with Crippen molar-refractivity contribution in [2.24, 2.45) is 5.84 Å². The Kier molecular flexibility index (Phi) is 5.20. The second-order valence-corrected chi connectivity index (χ2v) is 4.71. The maximum Gasteiger partial charge on any atom is 0.0562 e. The number of halogens is 1. The van der Waals surface area contributed by atoms with Crippen LogP contribution < -0.4 is 11.3 Å². The molecule has 0 bridgehead atoms. The molecule has 0 saturated carbocycles. The zero-order chi connectivity index (χ0) is 10.4. The van der Waals surface area contributed by atoms with E-state index in [4.69, 9.17) is 5.84 Å². The fraction of sp³-hybridized carbons (Fsp3) is 0.400. The number of rotatable bonds is 4. The summed E-state index contributed by atoms with van der Waals surface area (Å²) < 4.78 is 1.11. The third-order valence-electron chi connectivity index (χ3n) is 1.87. The molecule has 0 saturated heterocycles. The van der Waals surface area contributed by atoms with E-state index in [-0.39, 0.29) is 6.04 Å². The number of nitrogens with one attached hydrogen (secondary N) is 1. The number of thiophene rings is 1. The topological polar surface area (TPSA) is 38.0 Å². The summed E-state index contributed by atoms with van der Waals surface area (Å²) in [6.45, 7) is 1.85. The van der Waals surface area contributed by atoms with Gasteiger partial charge in [0.15, 0.2) is 0 Å². The summed E-state index contributed by atoms with van der Waals surface area (Å²) in [6.07, 6.45) is 1.82. The number of hydrogen-bond donors (Lipinski definition) is 2. The molecule has 0 aliphatic heterocycles. The maximum absolute atomic E-state index is 5.49. The first-order chi connectivity index (χ1) is 6.77. The van der Waals surface area contributed by atoms with E-state index in [1.54, 1.807) is 11.3 Å². The van der Waals surface area contributed by atoms with Crippen LogP contribution >= 0.6 is 27.3 Å². The molecule has 0 aliphatic carbocycles. The minimum absolute atomic E-state index is 0.215. The van der Waals surface area contributed by atoms with Gasteiger partial charge in [-0.1, -0.05) is 0 Å². The van der Waals surface area contributed by atoms with Crippen LogP contribution in [0.25, 0.3) is 0 Å². The number of hydrazine groups is 1. The zero-order valence-electron chi connectivity index (χ0n) is 8.01. The summed E-state index contributed by atoms with van der Waals surface area (Å²) in [6, 6.07) is 2.31. The Morgan fingerprint density at radius 2 is 2.50 bits per heavy atom. The summed E-state index contributed by atoms with van der Waals surface area (Å²) in [5.74, 6) is 11.4. The van der Waals surface area contributed by atoms with Gasteiger partial charge in [-0.15, -0.1) is 23.2 Å². The van der Waals surface area contributed by atoms with Crippen molar-refractivity contribution in [1.82, 2.24) is 5.43 Å². The minimum Gasteiger partial charge on any atom is -0.271 e. The molecule has 3 N–H and O–H groups in total. The number of hydrogen-bond acceptors (Lipinski definition) is 3. The second kappa shape index (κ2) is 6.20. The van der Waals surface area contributed by atoms with E-state index in [0.29, 0.717) is 0 Å². The lowest BCUT2D eigenvalue weighted by molar-refractivity contribution is 0.531. The standard InChI is InChI=1S/C10H13BrN2S/c1-2-3-4-5-9(13-12)10-6-8(11)7-14-10/h6-7,9,13H,4-5,12H2,1H3. The smallest absolute Gasteiger partial charge is 0.0562 e. The average molecular weight is 273 g/mol. The lowest BCUT2D eigenvalue weighted by atomic mass is 10.1. The van der Waals surface area contributed by atoms with Crippen LogP contribution in [0.2, 0.25) is 0 Å². The molecule has 1 aromatic heterocycles. The highest BCUT2D eigenvalue weighted by Crippen LogP contribution is 2.27. The van der Waals surface area contributed by atoms with Crippen molar-refractivity contribution in [3.05, 3.63) is 20.8 Å². The molecule has 76 valence electrons. The van der Waals surface area contributed by atoms with Crippen LogP contribution in [0.4, 0.5) is 0 Å². The molecule has 1 rings (SSSR count). The van der Waals surface area contributed by atoms with Gasteiger partial charge in [0, 0.05) is 21.2 Å². The molecule has 1 atom stereocenters. The summed E-state index contributed by atoms with van der Waals surface area (Å²) in [7, 11) is 0. The van der Waals surface area contributed by atoms with Gasteiger partial charge in [0.1, 0.15) is 0 Å². The molecule has 0 fully saturated rings. The fourth-order valence-corrected chi connectivity index (χ4v) is 2.70. The van der Waals surface area contributed by atoms with E-state index in [1.165, 1.54) is 4.88 Å². The Hall–Kier alpha value is -0.340. The van der Waals surface area contributed by atoms with Crippen LogP contribution in [0.1, 0.15) is 30.7 Å². The highest BCUT2D eigenvalue weighted by atomic mass is 79.9. The van der Waals surface area contributed by atoms with Gasteiger partial charge < -0.3 is 0 Å². The first-order valence-corrected chi connectivity index (χ1v) is 6.05. The van der Waals surface area contributed by atoms with Gasteiger partial charge in [0.05, 0.1) is 6.04 Å². The van der Waals surface area contributed by atoms with Crippen LogP contribution in [0, 0.1) is 11.8 Å². The Morgan fingerprint density at radius 1 is 1.71 bits per heavy atom. The summed E-state index contributed by atoms with van der Waals surface area (Å²) in [5.41, 5.74) is 2.81. The molecule has 1 unspecified atom stereocenters. The zero-order valence-corrected chi connectivity index (χ0v) is 10.4. The van der Waals surface area contributed by atoms with Crippen molar-refractivity contribution in [2.75, 3.05) is 0 Å². The Labute approximate surface area is 97.0 Å². The predicted octanol–water partition coefficient (Wildman–Crippen LogP) is 2.82. The molecule has 14 heavy (non-hydrogen) atoms. The summed E-state index contributed by atoms with van der Waals surface area (Å²) in [4.78, 5) is 1.25. The van der Waals surface area contributed by atoms with Crippen molar-refractivity contribution in [3.8, 4) is 11.8 Å². The van der Waals surface area contributed by atoms with Crippen LogP contribution in [-0.4, -0.2) is 0 Å². The Balaban J connectivity index is 2.56. The molecule has 1 heterocycles. The van der Waals surface area contributed by atoms with Crippen molar-refractivity contribution < 1.29 is 0 Å². The van der Waals surface area contributed by atoms with E-state index in [0.717, 1.165) is 17.3 Å². The predicted molar refractivity (Wildman–Crippen MR) is 64.8 cm³/mol. The maximum atomic E-state index is 5.49. The van der Waals surface area contributed by atoms with Gasteiger partial charge in [0.25, 0.3) is 0 Å². The largest absolute Gasteiger partial charge is 0.271 e. The van der Waals surface area contributed by atoms with E-state index >= 15 is 0 Å². The van der Waals surface area contributed by atoms with Crippen molar-refractivity contribution >= 4 is 27.3 Å². The van der Waals surface area contributed by atoms with Gasteiger partial charge in [-0.05, 0) is 35.3 Å². The quantitative estimate of drug-likeness (QED) is 0.503. The third-order valence-corrected chi connectivity index (χ3v) is 3.67. The Bertz CT molecular complexity index is 337. The first kappa shape index (κ1) is 11.7. The van der Waals surface area contributed by atoms with Crippen molar-refractivity contribution in [2.45, 2.75) is 25.8 Å². The van der Waals surface area contributed by atoms with Crippen LogP contribution in [-0.2, 0) is 0 Å². The van der Waals surface area contributed by atoms with Crippen molar-refractivity contribution in [1.29, 1.82) is 0 Å². The molecular formula is C10H13BrN2S. The van der Waals surface area contributed by atoms with Gasteiger partial charge >= 0.3 is 0 Å². The molecule has 0 amide bonds. The number of nitrogens with two attached hydrogens (primary N) is 1. The lowest BCUT2D eigenvalue weighted by Gasteiger charge is -2.11. The molecule has 0 radical (unpaired) electrons. The van der Waals surface area contributed by atoms with Gasteiger partial charge in [-0.25, -0.2) is 0 Å². The van der Waals surface area contributed by atoms with E-state index in [9.17, 15) is 0 Å². The fourth-order valence-electron chi connectivity index (χ4n) is 1.16. The molecular weight excluding hydrogens is 260 g/mol. The van der Waals surface area contributed by atoms with Crippen LogP contribution in [0.3, 0.4) is 0 Å². The van der Waals surface area contributed by atoms with Crippen molar-refractivity contribution in [3.63, 3.8) is 0 Å². The molecule has 0 aliphatic rings. The van der Waals surface area contributed by atoms with Crippen LogP contribution in [0.5, 0.6) is 0 Å². The SMILES string of the molecule is CC#CCCC(NN)c1cc(Br)cs1. The highest BCUT2D eigenvalue weighted by Gasteiger charge is 2.10.